The van der Waals surface area contributed by atoms with E-state index in [2.05, 4.69) is 16.1 Å². The Morgan fingerprint density at radius 2 is 1.94 bits per heavy atom. The Morgan fingerprint density at radius 3 is 2.68 bits per heavy atom. The number of nitrogens with one attached hydrogen (secondary N) is 2. The molecule has 2 aromatic carbocycles. The van der Waals surface area contributed by atoms with Crippen molar-refractivity contribution in [1.29, 1.82) is 0 Å². The van der Waals surface area contributed by atoms with Crippen LogP contribution in [-0.2, 0) is 22.9 Å². The molecule has 2 unspecified atom stereocenters. The average molecular weight is 447 g/mol. The van der Waals surface area contributed by atoms with Gasteiger partial charge in [0.15, 0.2) is 0 Å². The van der Waals surface area contributed by atoms with Gasteiger partial charge in [-0.15, -0.1) is 0 Å². The van der Waals surface area contributed by atoms with E-state index in [1.807, 2.05) is 31.3 Å². The van der Waals surface area contributed by atoms with Gasteiger partial charge < -0.3 is 10.1 Å². The lowest BCUT2D eigenvalue weighted by molar-refractivity contribution is 0.320. The molecule has 2 aromatic rings. The van der Waals surface area contributed by atoms with Crippen LogP contribution in [0.15, 0.2) is 42.5 Å². The summed E-state index contributed by atoms with van der Waals surface area (Å²) in [5.74, 6) is 1.23. The summed E-state index contributed by atoms with van der Waals surface area (Å²) >= 11 is 0. The van der Waals surface area contributed by atoms with Crippen molar-refractivity contribution < 1.29 is 17.5 Å². The smallest absolute Gasteiger partial charge is 0.211 e. The Bertz CT molecular complexity index is 1010. The molecule has 0 aliphatic heterocycles. The molecule has 1 saturated carbocycles. The molecule has 0 aromatic heterocycles. The zero-order valence-corrected chi connectivity index (χ0v) is 18.8. The topological polar surface area (TPSA) is 67.4 Å². The predicted octanol–water partition coefficient (Wildman–Crippen LogP) is 3.39. The van der Waals surface area contributed by atoms with Crippen LogP contribution in [0.1, 0.15) is 41.9 Å². The Morgan fingerprint density at radius 1 is 1.13 bits per heavy atom. The molecule has 0 spiro atoms. The van der Waals surface area contributed by atoms with E-state index in [4.69, 9.17) is 4.74 Å². The fraction of sp³-hybridized carbons (Fsp3) is 0.500. The van der Waals surface area contributed by atoms with Gasteiger partial charge >= 0.3 is 0 Å². The molecule has 2 aliphatic carbocycles. The fourth-order valence-electron chi connectivity index (χ4n) is 4.48. The fourth-order valence-corrected chi connectivity index (χ4v) is 5.95. The Balaban J connectivity index is 1.43. The summed E-state index contributed by atoms with van der Waals surface area (Å²) in [6, 6.07) is 13.3. The summed E-state index contributed by atoms with van der Waals surface area (Å²) in [5, 5.41) is 3.40. The van der Waals surface area contributed by atoms with Crippen molar-refractivity contribution in [2.45, 2.75) is 44.1 Å². The average Bonchev–Trinajstić information content (AvgIpc) is 3.56. The third kappa shape index (κ3) is 5.84. The van der Waals surface area contributed by atoms with E-state index < -0.39 is 10.0 Å². The van der Waals surface area contributed by atoms with Crippen LogP contribution in [0.2, 0.25) is 0 Å². The molecule has 0 radical (unpaired) electrons. The van der Waals surface area contributed by atoms with Crippen molar-refractivity contribution in [2.24, 2.45) is 5.92 Å². The van der Waals surface area contributed by atoms with E-state index in [9.17, 15) is 12.8 Å². The highest BCUT2D eigenvalue weighted by Gasteiger charge is 2.30. The van der Waals surface area contributed by atoms with E-state index in [0.717, 1.165) is 37.0 Å². The lowest BCUT2D eigenvalue weighted by atomic mass is 9.76. The SMILES string of the molecule is CNC1CCc2ccc(OCCNS(=O)(=O)CC3CC3)cc2C1Cc1ccccc1F. The number of halogens is 1. The molecule has 0 heterocycles. The molecule has 2 atom stereocenters. The summed E-state index contributed by atoms with van der Waals surface area (Å²) in [6.45, 7) is 0.528. The molecule has 168 valence electrons. The Hall–Kier alpha value is -1.96. The van der Waals surface area contributed by atoms with Gasteiger partial charge in [0.25, 0.3) is 0 Å². The van der Waals surface area contributed by atoms with Crippen LogP contribution in [0, 0.1) is 11.7 Å². The Kier molecular flexibility index (Phi) is 6.94. The molecule has 1 fully saturated rings. The van der Waals surface area contributed by atoms with Gasteiger partial charge in [-0.2, -0.15) is 0 Å². The van der Waals surface area contributed by atoms with E-state index in [0.29, 0.717) is 12.3 Å². The van der Waals surface area contributed by atoms with Gasteiger partial charge in [0.2, 0.25) is 10.0 Å². The molecular formula is C24H31FN2O3S. The van der Waals surface area contributed by atoms with Crippen molar-refractivity contribution in [1.82, 2.24) is 10.0 Å². The number of rotatable bonds is 10. The zero-order chi connectivity index (χ0) is 21.8. The number of benzene rings is 2. The third-order valence-corrected chi connectivity index (χ3v) is 7.89. The van der Waals surface area contributed by atoms with E-state index in [1.165, 1.54) is 17.2 Å². The first-order valence-corrected chi connectivity index (χ1v) is 12.7. The number of hydrogen-bond acceptors (Lipinski definition) is 4. The van der Waals surface area contributed by atoms with Gasteiger partial charge in [-0.25, -0.2) is 17.5 Å². The molecule has 0 saturated heterocycles. The molecule has 5 nitrogen and oxygen atoms in total. The van der Waals surface area contributed by atoms with Crippen LogP contribution < -0.4 is 14.8 Å². The molecule has 7 heteroatoms. The summed E-state index contributed by atoms with van der Waals surface area (Å²) < 4.78 is 46.8. The van der Waals surface area contributed by atoms with Crippen molar-refractivity contribution in [3.05, 3.63) is 65.0 Å². The number of ether oxygens (including phenoxy) is 1. The number of likely N-dealkylation sites (N-methyl/N-ethyl adjacent to an activating group) is 1. The lowest BCUT2D eigenvalue weighted by Crippen LogP contribution is -2.37. The second kappa shape index (κ2) is 9.67. The maximum Gasteiger partial charge on any atom is 0.211 e. The Labute approximate surface area is 184 Å². The maximum absolute atomic E-state index is 14.3. The second-order valence-corrected chi connectivity index (χ2v) is 10.5. The van der Waals surface area contributed by atoms with E-state index >= 15 is 0 Å². The van der Waals surface area contributed by atoms with Gasteiger partial charge in [0, 0.05) is 18.5 Å². The van der Waals surface area contributed by atoms with Crippen molar-refractivity contribution in [3.63, 3.8) is 0 Å². The minimum absolute atomic E-state index is 0.145. The molecule has 31 heavy (non-hydrogen) atoms. The normalized spacial score (nSPS) is 21.0. The van der Waals surface area contributed by atoms with E-state index in [1.54, 1.807) is 6.07 Å². The van der Waals surface area contributed by atoms with Crippen molar-refractivity contribution in [3.8, 4) is 5.75 Å². The summed E-state index contributed by atoms with van der Waals surface area (Å²) in [7, 11) is -1.26. The van der Waals surface area contributed by atoms with Crippen molar-refractivity contribution >= 4 is 10.0 Å². The third-order valence-electron chi connectivity index (χ3n) is 6.34. The van der Waals surface area contributed by atoms with Crippen LogP contribution in [0.5, 0.6) is 5.75 Å². The van der Waals surface area contributed by atoms with Gasteiger partial charge in [-0.05, 0) is 80.0 Å². The molecule has 2 aliphatic rings. The van der Waals surface area contributed by atoms with E-state index in [-0.39, 0.29) is 36.7 Å². The minimum atomic E-state index is -3.22. The summed E-state index contributed by atoms with van der Waals surface area (Å²) in [4.78, 5) is 0. The quantitative estimate of drug-likeness (QED) is 0.549. The van der Waals surface area contributed by atoms with Gasteiger partial charge in [0.1, 0.15) is 18.2 Å². The number of aryl methyl sites for hydroxylation is 1. The van der Waals surface area contributed by atoms with Gasteiger partial charge in [-0.3, -0.25) is 0 Å². The summed E-state index contributed by atoms with van der Waals surface area (Å²) in [5.41, 5.74) is 3.17. The minimum Gasteiger partial charge on any atom is -0.492 e. The van der Waals surface area contributed by atoms with Crippen LogP contribution in [0.4, 0.5) is 4.39 Å². The van der Waals surface area contributed by atoms with Crippen LogP contribution in [0.25, 0.3) is 0 Å². The first-order chi connectivity index (χ1) is 14.9. The molecular weight excluding hydrogens is 415 g/mol. The standard InChI is InChI=1S/C24H31FN2O3S/c1-26-24-11-9-18-8-10-20(30-13-12-27-31(28,29)16-17-6-7-17)15-21(18)22(24)14-19-4-2-3-5-23(19)25/h2-5,8,10,15,17,22,24,26-27H,6-7,9,11-14,16H2,1H3. The highest BCUT2D eigenvalue weighted by molar-refractivity contribution is 7.89. The number of hydrogen-bond donors (Lipinski definition) is 2. The highest BCUT2D eigenvalue weighted by atomic mass is 32.2. The molecule has 2 N–H and O–H groups in total. The molecule has 0 bridgehead atoms. The zero-order valence-electron chi connectivity index (χ0n) is 17.9. The maximum atomic E-state index is 14.3. The molecule has 4 rings (SSSR count). The van der Waals surface area contributed by atoms with Gasteiger partial charge in [-0.1, -0.05) is 24.3 Å². The number of fused-ring (bicyclic) bond motifs is 1. The monoisotopic (exact) mass is 446 g/mol. The summed E-state index contributed by atoms with van der Waals surface area (Å²) in [6.07, 6.45) is 4.61. The largest absolute Gasteiger partial charge is 0.492 e. The second-order valence-electron chi connectivity index (χ2n) is 8.66. The predicted molar refractivity (Wildman–Crippen MR) is 120 cm³/mol. The highest BCUT2D eigenvalue weighted by Crippen LogP contribution is 2.37. The lowest BCUT2D eigenvalue weighted by Gasteiger charge is -2.34. The van der Waals surface area contributed by atoms with Gasteiger partial charge in [0.05, 0.1) is 5.75 Å². The molecule has 0 amide bonds. The first kappa shape index (κ1) is 22.2. The van der Waals surface area contributed by atoms with Crippen LogP contribution in [0.3, 0.4) is 0 Å². The van der Waals surface area contributed by atoms with Crippen LogP contribution in [-0.4, -0.2) is 40.4 Å². The van der Waals surface area contributed by atoms with Crippen LogP contribution >= 0.6 is 0 Å². The first-order valence-electron chi connectivity index (χ1n) is 11.1. The number of sulfonamides is 1. The van der Waals surface area contributed by atoms with Crippen molar-refractivity contribution in [2.75, 3.05) is 26.0 Å².